The summed E-state index contributed by atoms with van der Waals surface area (Å²) in [4.78, 5) is 12.6. The third-order valence-corrected chi connectivity index (χ3v) is 3.61. The van der Waals surface area contributed by atoms with E-state index < -0.39 is 5.60 Å². The van der Waals surface area contributed by atoms with Gasteiger partial charge in [-0.2, -0.15) is 5.26 Å². The molecule has 0 saturated carbocycles. The van der Waals surface area contributed by atoms with Crippen molar-refractivity contribution in [2.24, 2.45) is 0 Å². The summed E-state index contributed by atoms with van der Waals surface area (Å²) in [6.07, 6.45) is 2.57. The Morgan fingerprint density at radius 1 is 1.30 bits per heavy atom. The van der Waals surface area contributed by atoms with Gasteiger partial charge in [0.25, 0.3) is 5.91 Å². The molecular formula is C18H26N2O3. The Morgan fingerprint density at radius 3 is 2.61 bits per heavy atom. The summed E-state index contributed by atoms with van der Waals surface area (Å²) in [5.41, 5.74) is 0.102. The first-order valence-electron chi connectivity index (χ1n) is 8.13. The molecule has 0 aromatic heterocycles. The van der Waals surface area contributed by atoms with E-state index in [4.69, 9.17) is 9.47 Å². The molecular weight excluding hydrogens is 292 g/mol. The van der Waals surface area contributed by atoms with Gasteiger partial charge in [0.05, 0.1) is 12.2 Å². The van der Waals surface area contributed by atoms with Gasteiger partial charge >= 0.3 is 0 Å². The maximum absolute atomic E-state index is 12.6. The Morgan fingerprint density at radius 2 is 2.04 bits per heavy atom. The van der Waals surface area contributed by atoms with Gasteiger partial charge in [-0.15, -0.1) is 0 Å². The average Bonchev–Trinajstić information content (AvgIpc) is 2.54. The number of ether oxygens (including phenoxy) is 2. The van der Waals surface area contributed by atoms with Crippen molar-refractivity contribution in [2.75, 3.05) is 18.5 Å². The molecule has 0 aliphatic rings. The van der Waals surface area contributed by atoms with Gasteiger partial charge in [0.1, 0.15) is 17.4 Å². The second-order valence-electron chi connectivity index (χ2n) is 5.48. The van der Waals surface area contributed by atoms with Crippen LogP contribution in [0.3, 0.4) is 0 Å². The monoisotopic (exact) mass is 318 g/mol. The highest BCUT2D eigenvalue weighted by Crippen LogP contribution is 2.25. The van der Waals surface area contributed by atoms with E-state index >= 15 is 0 Å². The van der Waals surface area contributed by atoms with Crippen molar-refractivity contribution in [2.45, 2.75) is 52.6 Å². The van der Waals surface area contributed by atoms with Crippen LogP contribution in [0.15, 0.2) is 18.2 Å². The zero-order chi connectivity index (χ0) is 17.3. The molecule has 5 heteroatoms. The summed E-state index contributed by atoms with van der Waals surface area (Å²) in [5.74, 6) is 0.326. The summed E-state index contributed by atoms with van der Waals surface area (Å²) in [6.45, 7) is 8.58. The van der Waals surface area contributed by atoms with Crippen LogP contribution in [-0.2, 0) is 9.53 Å². The van der Waals surface area contributed by atoms with E-state index in [2.05, 4.69) is 18.3 Å². The Balaban J connectivity index is 2.92. The van der Waals surface area contributed by atoms with E-state index in [0.29, 0.717) is 36.6 Å². The van der Waals surface area contributed by atoms with Crippen molar-refractivity contribution in [1.82, 2.24) is 0 Å². The first-order chi connectivity index (χ1) is 11.0. The van der Waals surface area contributed by atoms with Gasteiger partial charge in [-0.3, -0.25) is 4.79 Å². The van der Waals surface area contributed by atoms with Crippen LogP contribution in [0.5, 0.6) is 5.75 Å². The predicted octanol–water partition coefficient (Wildman–Crippen LogP) is 3.88. The molecule has 5 nitrogen and oxygen atoms in total. The van der Waals surface area contributed by atoms with Crippen molar-refractivity contribution in [3.8, 4) is 11.8 Å². The average molecular weight is 318 g/mol. The third-order valence-electron chi connectivity index (χ3n) is 3.61. The summed E-state index contributed by atoms with van der Waals surface area (Å²) in [6, 6.07) is 7.13. The second-order valence-corrected chi connectivity index (χ2v) is 5.48. The lowest BCUT2D eigenvalue weighted by Gasteiger charge is -2.28. The van der Waals surface area contributed by atoms with Gasteiger partial charge in [-0.25, -0.2) is 0 Å². The number of benzene rings is 1. The highest BCUT2D eigenvalue weighted by molar-refractivity contribution is 5.97. The highest BCUT2D eigenvalue weighted by atomic mass is 16.5. The van der Waals surface area contributed by atoms with Crippen LogP contribution >= 0.6 is 0 Å². The summed E-state index contributed by atoms with van der Waals surface area (Å²) in [7, 11) is 0. The molecule has 0 fully saturated rings. The number of amides is 1. The molecule has 1 aromatic carbocycles. The lowest BCUT2D eigenvalue weighted by molar-refractivity contribution is -0.139. The van der Waals surface area contributed by atoms with Crippen LogP contribution in [0, 0.1) is 11.3 Å². The number of rotatable bonds is 9. The molecule has 1 aromatic rings. The van der Waals surface area contributed by atoms with Crippen molar-refractivity contribution < 1.29 is 14.3 Å². The van der Waals surface area contributed by atoms with Crippen LogP contribution in [0.2, 0.25) is 0 Å². The van der Waals surface area contributed by atoms with Crippen molar-refractivity contribution in [3.63, 3.8) is 0 Å². The smallest absolute Gasteiger partial charge is 0.256 e. The Labute approximate surface area is 138 Å². The fourth-order valence-electron chi connectivity index (χ4n) is 2.32. The molecule has 0 radical (unpaired) electrons. The fourth-order valence-corrected chi connectivity index (χ4v) is 2.32. The minimum atomic E-state index is -0.865. The molecule has 0 unspecified atom stereocenters. The summed E-state index contributed by atoms with van der Waals surface area (Å²) in [5, 5.41) is 12.0. The topological polar surface area (TPSA) is 71.3 Å². The molecule has 23 heavy (non-hydrogen) atoms. The normalized spacial score (nSPS) is 13.0. The minimum Gasteiger partial charge on any atom is -0.492 e. The van der Waals surface area contributed by atoms with Gasteiger partial charge in [-0.1, -0.05) is 19.8 Å². The van der Waals surface area contributed by atoms with Gasteiger partial charge in [-0.05, 0) is 45.4 Å². The molecule has 1 atom stereocenters. The Hall–Kier alpha value is -2.06. The van der Waals surface area contributed by atoms with Crippen LogP contribution in [0.25, 0.3) is 0 Å². The lowest BCUT2D eigenvalue weighted by atomic mass is 9.97. The number of anilines is 1. The maximum Gasteiger partial charge on any atom is 0.256 e. The highest BCUT2D eigenvalue weighted by Gasteiger charge is 2.33. The number of nitrogens with zero attached hydrogens (tertiary/aromatic N) is 1. The van der Waals surface area contributed by atoms with Crippen LogP contribution in [0.1, 0.15) is 52.5 Å². The van der Waals surface area contributed by atoms with Gasteiger partial charge in [0.15, 0.2) is 0 Å². The fraction of sp³-hybridized carbons (Fsp3) is 0.556. The van der Waals surface area contributed by atoms with Gasteiger partial charge < -0.3 is 14.8 Å². The number of nitrogens with one attached hydrogen (secondary N) is 1. The number of nitriles is 1. The molecule has 0 heterocycles. The van der Waals surface area contributed by atoms with E-state index in [1.54, 1.807) is 25.1 Å². The lowest BCUT2D eigenvalue weighted by Crippen LogP contribution is -2.42. The quantitative estimate of drug-likeness (QED) is 0.750. The van der Waals surface area contributed by atoms with Gasteiger partial charge in [0, 0.05) is 12.3 Å². The zero-order valence-electron chi connectivity index (χ0n) is 14.4. The number of carbonyl (C=O) groups is 1. The van der Waals surface area contributed by atoms with Crippen molar-refractivity contribution >= 4 is 11.6 Å². The summed E-state index contributed by atoms with van der Waals surface area (Å²) >= 11 is 0. The maximum atomic E-state index is 12.6. The SMILES string of the molecule is CCCC[C@](C)(OCC)C(=O)Nc1ccc(OCC)c(C#N)c1. The van der Waals surface area contributed by atoms with E-state index in [-0.39, 0.29) is 5.91 Å². The molecule has 1 rings (SSSR count). The Bertz CT molecular complexity index is 566. The van der Waals surface area contributed by atoms with Crippen molar-refractivity contribution in [3.05, 3.63) is 23.8 Å². The van der Waals surface area contributed by atoms with E-state index in [9.17, 15) is 10.1 Å². The van der Waals surface area contributed by atoms with Crippen LogP contribution < -0.4 is 10.1 Å². The molecule has 1 N–H and O–H groups in total. The van der Waals surface area contributed by atoms with E-state index in [1.165, 1.54) is 0 Å². The largest absolute Gasteiger partial charge is 0.492 e. The van der Waals surface area contributed by atoms with Crippen LogP contribution in [-0.4, -0.2) is 24.7 Å². The molecule has 0 aliphatic heterocycles. The number of unbranched alkanes of at least 4 members (excludes halogenated alkanes) is 1. The third kappa shape index (κ3) is 5.26. The van der Waals surface area contributed by atoms with E-state index in [0.717, 1.165) is 12.8 Å². The molecule has 0 saturated heterocycles. The molecule has 0 aliphatic carbocycles. The molecule has 126 valence electrons. The zero-order valence-corrected chi connectivity index (χ0v) is 14.4. The first-order valence-corrected chi connectivity index (χ1v) is 8.13. The second kappa shape index (κ2) is 9.16. The minimum absolute atomic E-state index is 0.194. The predicted molar refractivity (Wildman–Crippen MR) is 90.5 cm³/mol. The number of carbonyl (C=O) groups excluding carboxylic acids is 1. The summed E-state index contributed by atoms with van der Waals surface area (Å²) < 4.78 is 11.1. The first kappa shape index (κ1) is 19.0. The van der Waals surface area contributed by atoms with E-state index in [1.807, 2.05) is 13.8 Å². The molecule has 1 amide bonds. The number of hydrogen-bond acceptors (Lipinski definition) is 4. The van der Waals surface area contributed by atoms with Crippen molar-refractivity contribution in [1.29, 1.82) is 5.26 Å². The standard InChI is InChI=1S/C18H26N2O3/c1-5-8-11-18(4,23-7-3)17(21)20-15-9-10-16(22-6-2)14(12-15)13-19/h9-10,12H,5-8,11H2,1-4H3,(H,20,21)/t18-/m0/s1. The molecule has 0 bridgehead atoms. The van der Waals surface area contributed by atoms with Crippen LogP contribution in [0.4, 0.5) is 5.69 Å². The Kier molecular flexibility index (Phi) is 7.56. The molecule has 0 spiro atoms. The number of hydrogen-bond donors (Lipinski definition) is 1. The van der Waals surface area contributed by atoms with Gasteiger partial charge in [0.2, 0.25) is 0 Å².